The first-order valence-corrected chi connectivity index (χ1v) is 6.83. The molecule has 0 aliphatic rings. The van der Waals surface area contributed by atoms with Crippen molar-refractivity contribution in [2.75, 3.05) is 13.2 Å². The van der Waals surface area contributed by atoms with Gasteiger partial charge in [-0.1, -0.05) is 44.2 Å². The van der Waals surface area contributed by atoms with E-state index in [2.05, 4.69) is 10.6 Å². The van der Waals surface area contributed by atoms with E-state index in [9.17, 15) is 9.59 Å². The molecule has 0 radical (unpaired) electrons. The predicted octanol–water partition coefficient (Wildman–Crippen LogP) is 0.793. The monoisotopic (exact) mass is 278 g/mol. The highest BCUT2D eigenvalue weighted by Crippen LogP contribution is 2.12. The topological polar surface area (TPSA) is 78.4 Å². The highest BCUT2D eigenvalue weighted by atomic mass is 16.3. The lowest BCUT2D eigenvalue weighted by atomic mass is 10.0. The molecule has 0 saturated carbocycles. The summed E-state index contributed by atoms with van der Waals surface area (Å²) in [4.78, 5) is 23.2. The third-order valence-corrected chi connectivity index (χ3v) is 3.19. The minimum Gasteiger partial charge on any atom is -0.394 e. The van der Waals surface area contributed by atoms with Gasteiger partial charge in [-0.05, 0) is 17.9 Å². The van der Waals surface area contributed by atoms with Crippen LogP contribution < -0.4 is 10.6 Å². The maximum atomic E-state index is 11.6. The standard InChI is InChI=1S/C15H22N2O3/c1-3-13(10-18)17-15(20)14(19)16-9-11(2)12-7-5-4-6-8-12/h4-8,11,13,18H,3,9-10H2,1-2H3,(H,16,19)(H,17,20)/t11-,13-/m1/s1. The third kappa shape index (κ3) is 5.01. The largest absolute Gasteiger partial charge is 0.394 e. The second-order valence-corrected chi connectivity index (χ2v) is 4.78. The van der Waals surface area contributed by atoms with Gasteiger partial charge in [0, 0.05) is 6.54 Å². The fraction of sp³-hybridized carbons (Fsp3) is 0.467. The Bertz CT molecular complexity index is 430. The lowest BCUT2D eigenvalue weighted by molar-refractivity contribution is -0.139. The quantitative estimate of drug-likeness (QED) is 0.673. The average Bonchev–Trinajstić information content (AvgIpc) is 2.50. The Morgan fingerprint density at radius 3 is 2.40 bits per heavy atom. The van der Waals surface area contributed by atoms with Gasteiger partial charge < -0.3 is 15.7 Å². The van der Waals surface area contributed by atoms with Crippen molar-refractivity contribution in [3.63, 3.8) is 0 Å². The summed E-state index contributed by atoms with van der Waals surface area (Å²) in [6, 6.07) is 9.40. The van der Waals surface area contributed by atoms with Crippen LogP contribution in [0.15, 0.2) is 30.3 Å². The maximum absolute atomic E-state index is 11.6. The molecule has 3 N–H and O–H groups in total. The van der Waals surface area contributed by atoms with Crippen LogP contribution in [0.1, 0.15) is 31.7 Å². The summed E-state index contributed by atoms with van der Waals surface area (Å²) in [5.41, 5.74) is 1.11. The van der Waals surface area contributed by atoms with E-state index in [1.807, 2.05) is 44.2 Å². The molecule has 5 heteroatoms. The van der Waals surface area contributed by atoms with Crippen molar-refractivity contribution in [3.8, 4) is 0 Å². The van der Waals surface area contributed by atoms with E-state index in [4.69, 9.17) is 5.11 Å². The number of rotatable bonds is 6. The summed E-state index contributed by atoms with van der Waals surface area (Å²) in [5.74, 6) is -1.24. The highest BCUT2D eigenvalue weighted by molar-refractivity contribution is 6.35. The Balaban J connectivity index is 2.41. The summed E-state index contributed by atoms with van der Waals surface area (Å²) >= 11 is 0. The zero-order valence-electron chi connectivity index (χ0n) is 11.9. The fourth-order valence-electron chi connectivity index (χ4n) is 1.75. The third-order valence-electron chi connectivity index (χ3n) is 3.19. The van der Waals surface area contributed by atoms with Crippen molar-refractivity contribution >= 4 is 11.8 Å². The Labute approximate surface area is 119 Å². The van der Waals surface area contributed by atoms with Crippen molar-refractivity contribution in [2.24, 2.45) is 0 Å². The molecule has 0 saturated heterocycles. The van der Waals surface area contributed by atoms with Gasteiger partial charge in [-0.2, -0.15) is 0 Å². The molecule has 0 spiro atoms. The van der Waals surface area contributed by atoms with Gasteiger partial charge in [0.1, 0.15) is 0 Å². The molecule has 2 amide bonds. The zero-order chi connectivity index (χ0) is 15.0. The highest BCUT2D eigenvalue weighted by Gasteiger charge is 2.17. The first-order valence-electron chi connectivity index (χ1n) is 6.83. The van der Waals surface area contributed by atoms with Crippen LogP contribution in [0.3, 0.4) is 0 Å². The molecule has 0 fully saturated rings. The van der Waals surface area contributed by atoms with Crippen molar-refractivity contribution in [2.45, 2.75) is 32.2 Å². The van der Waals surface area contributed by atoms with E-state index in [-0.39, 0.29) is 18.6 Å². The first-order chi connectivity index (χ1) is 9.58. The molecule has 20 heavy (non-hydrogen) atoms. The number of carbonyl (C=O) groups excluding carboxylic acids is 2. The van der Waals surface area contributed by atoms with Crippen molar-refractivity contribution < 1.29 is 14.7 Å². The molecule has 1 aromatic rings. The maximum Gasteiger partial charge on any atom is 0.309 e. The minimum absolute atomic E-state index is 0.132. The van der Waals surface area contributed by atoms with Crippen LogP contribution in [-0.4, -0.2) is 36.1 Å². The second-order valence-electron chi connectivity index (χ2n) is 4.78. The molecule has 0 aliphatic heterocycles. The van der Waals surface area contributed by atoms with Gasteiger partial charge >= 0.3 is 11.8 Å². The predicted molar refractivity (Wildman–Crippen MR) is 77.2 cm³/mol. The molecular weight excluding hydrogens is 256 g/mol. The number of hydrogen-bond donors (Lipinski definition) is 3. The number of aliphatic hydroxyl groups is 1. The molecule has 110 valence electrons. The molecule has 5 nitrogen and oxygen atoms in total. The SMILES string of the molecule is CC[C@H](CO)NC(=O)C(=O)NC[C@@H](C)c1ccccc1. The first kappa shape index (κ1) is 16.2. The summed E-state index contributed by atoms with van der Waals surface area (Å²) in [6.45, 7) is 4.04. The Morgan fingerprint density at radius 1 is 1.20 bits per heavy atom. The molecule has 0 aliphatic carbocycles. The van der Waals surface area contributed by atoms with Crippen molar-refractivity contribution in [3.05, 3.63) is 35.9 Å². The molecule has 0 heterocycles. The van der Waals surface area contributed by atoms with Crippen molar-refractivity contribution in [1.82, 2.24) is 10.6 Å². The minimum atomic E-state index is -0.703. The van der Waals surface area contributed by atoms with E-state index in [1.165, 1.54) is 0 Å². The number of carbonyl (C=O) groups is 2. The second kappa shape index (κ2) is 8.32. The van der Waals surface area contributed by atoms with Crippen LogP contribution in [-0.2, 0) is 9.59 Å². The summed E-state index contributed by atoms with van der Waals surface area (Å²) < 4.78 is 0. The Hall–Kier alpha value is -1.88. The van der Waals surface area contributed by atoms with Gasteiger partial charge in [-0.15, -0.1) is 0 Å². The van der Waals surface area contributed by atoms with E-state index in [0.717, 1.165) is 5.56 Å². The normalized spacial score (nSPS) is 13.3. The number of nitrogens with one attached hydrogen (secondary N) is 2. The zero-order valence-corrected chi connectivity index (χ0v) is 11.9. The molecule has 1 rings (SSSR count). The molecule has 0 unspecified atom stereocenters. The van der Waals surface area contributed by atoms with E-state index < -0.39 is 11.8 Å². The molecule has 0 bridgehead atoms. The fourth-order valence-corrected chi connectivity index (χ4v) is 1.75. The van der Waals surface area contributed by atoms with Crippen LogP contribution in [0.4, 0.5) is 0 Å². The van der Waals surface area contributed by atoms with Crippen LogP contribution in [0, 0.1) is 0 Å². The van der Waals surface area contributed by atoms with E-state index in [1.54, 1.807) is 0 Å². The molecule has 0 aromatic heterocycles. The Kier molecular flexibility index (Phi) is 6.73. The number of benzene rings is 1. The molecule has 1 aromatic carbocycles. The van der Waals surface area contributed by atoms with Crippen LogP contribution >= 0.6 is 0 Å². The van der Waals surface area contributed by atoms with Gasteiger partial charge in [0.15, 0.2) is 0 Å². The number of aliphatic hydroxyl groups excluding tert-OH is 1. The number of hydrogen-bond acceptors (Lipinski definition) is 3. The average molecular weight is 278 g/mol. The summed E-state index contributed by atoms with van der Waals surface area (Å²) in [5, 5.41) is 14.1. The smallest absolute Gasteiger partial charge is 0.309 e. The molecule has 2 atom stereocenters. The van der Waals surface area contributed by atoms with Crippen molar-refractivity contribution in [1.29, 1.82) is 0 Å². The van der Waals surface area contributed by atoms with Crippen LogP contribution in [0.5, 0.6) is 0 Å². The van der Waals surface area contributed by atoms with Gasteiger partial charge in [0.05, 0.1) is 12.6 Å². The summed E-state index contributed by atoms with van der Waals surface area (Å²) in [7, 11) is 0. The van der Waals surface area contributed by atoms with E-state index >= 15 is 0 Å². The van der Waals surface area contributed by atoms with Crippen LogP contribution in [0.2, 0.25) is 0 Å². The lowest BCUT2D eigenvalue weighted by Crippen LogP contribution is -2.46. The van der Waals surface area contributed by atoms with Gasteiger partial charge in [-0.3, -0.25) is 9.59 Å². The van der Waals surface area contributed by atoms with E-state index in [0.29, 0.717) is 13.0 Å². The van der Waals surface area contributed by atoms with Gasteiger partial charge in [0.25, 0.3) is 0 Å². The van der Waals surface area contributed by atoms with Gasteiger partial charge in [0.2, 0.25) is 0 Å². The molecular formula is C15H22N2O3. The summed E-state index contributed by atoms with van der Waals surface area (Å²) in [6.07, 6.45) is 0.579. The number of amides is 2. The van der Waals surface area contributed by atoms with Gasteiger partial charge in [-0.25, -0.2) is 0 Å². The Morgan fingerprint density at radius 2 is 1.85 bits per heavy atom. The van der Waals surface area contributed by atoms with Crippen LogP contribution in [0.25, 0.3) is 0 Å². The lowest BCUT2D eigenvalue weighted by Gasteiger charge is -2.15.